The minimum atomic E-state index is 0.240. The highest BCUT2D eigenvalue weighted by atomic mass is 16.2. The Morgan fingerprint density at radius 1 is 1.28 bits per heavy atom. The molecule has 0 heterocycles. The molecule has 0 radical (unpaired) electrons. The molecular formula is C15H24N2O. The molecule has 1 rings (SSSR count). The van der Waals surface area contributed by atoms with Gasteiger partial charge in [-0.1, -0.05) is 30.3 Å². The monoisotopic (exact) mass is 248 g/mol. The normalized spacial score (nSPS) is 10.7. The van der Waals surface area contributed by atoms with Crippen molar-refractivity contribution in [3.63, 3.8) is 0 Å². The highest BCUT2D eigenvalue weighted by Gasteiger charge is 2.16. The Hall–Kier alpha value is -1.35. The average molecular weight is 248 g/mol. The van der Waals surface area contributed by atoms with Gasteiger partial charge in [-0.2, -0.15) is 0 Å². The van der Waals surface area contributed by atoms with Crippen LogP contribution in [0.25, 0.3) is 0 Å². The zero-order valence-electron chi connectivity index (χ0n) is 11.6. The smallest absolute Gasteiger partial charge is 0.223 e. The second kappa shape index (κ2) is 7.88. The van der Waals surface area contributed by atoms with Crippen molar-refractivity contribution >= 4 is 5.91 Å². The Kier molecular flexibility index (Phi) is 6.44. The summed E-state index contributed by atoms with van der Waals surface area (Å²) in [5, 5.41) is 3.07. The topological polar surface area (TPSA) is 32.3 Å². The standard InChI is InChI=1S/C15H24N2O/c1-13(2)17(15(18)10-7-11-16-3)12-14-8-5-4-6-9-14/h4-6,8-9,13,16H,7,10-12H2,1-3H3. The van der Waals surface area contributed by atoms with Gasteiger partial charge in [0.15, 0.2) is 0 Å². The fourth-order valence-corrected chi connectivity index (χ4v) is 1.90. The Labute approximate surface area is 110 Å². The first-order chi connectivity index (χ1) is 8.65. The molecule has 3 heteroatoms. The zero-order chi connectivity index (χ0) is 13.4. The van der Waals surface area contributed by atoms with E-state index in [4.69, 9.17) is 0 Å². The summed E-state index contributed by atoms with van der Waals surface area (Å²) in [6.45, 7) is 5.73. The molecule has 1 N–H and O–H groups in total. The van der Waals surface area contributed by atoms with Crippen LogP contribution in [0, 0.1) is 0 Å². The Morgan fingerprint density at radius 3 is 2.50 bits per heavy atom. The van der Waals surface area contributed by atoms with Gasteiger partial charge in [-0.25, -0.2) is 0 Å². The van der Waals surface area contributed by atoms with Crippen LogP contribution in [-0.2, 0) is 11.3 Å². The molecule has 0 aliphatic carbocycles. The van der Waals surface area contributed by atoms with Gasteiger partial charge < -0.3 is 10.2 Å². The maximum atomic E-state index is 12.2. The predicted molar refractivity (Wildman–Crippen MR) is 75.3 cm³/mol. The van der Waals surface area contributed by atoms with Crippen LogP contribution in [-0.4, -0.2) is 30.4 Å². The fraction of sp³-hybridized carbons (Fsp3) is 0.533. The number of hydrogen-bond donors (Lipinski definition) is 1. The van der Waals surface area contributed by atoms with Gasteiger partial charge in [0.2, 0.25) is 5.91 Å². The van der Waals surface area contributed by atoms with Crippen molar-refractivity contribution in [3.05, 3.63) is 35.9 Å². The fourth-order valence-electron chi connectivity index (χ4n) is 1.90. The van der Waals surface area contributed by atoms with Gasteiger partial charge in [0.25, 0.3) is 0 Å². The van der Waals surface area contributed by atoms with E-state index in [0.717, 1.165) is 13.0 Å². The summed E-state index contributed by atoms with van der Waals surface area (Å²) in [6, 6.07) is 10.4. The molecule has 100 valence electrons. The van der Waals surface area contributed by atoms with Gasteiger partial charge in [0.05, 0.1) is 0 Å². The number of nitrogens with zero attached hydrogens (tertiary/aromatic N) is 1. The highest BCUT2D eigenvalue weighted by Crippen LogP contribution is 2.10. The number of amides is 1. The quantitative estimate of drug-likeness (QED) is 0.752. The third-order valence-corrected chi connectivity index (χ3v) is 2.96. The molecule has 0 fully saturated rings. The van der Waals surface area contributed by atoms with Gasteiger partial charge in [0.1, 0.15) is 0 Å². The molecule has 0 atom stereocenters. The molecule has 0 aromatic heterocycles. The summed E-state index contributed by atoms with van der Waals surface area (Å²) in [5.41, 5.74) is 1.19. The summed E-state index contributed by atoms with van der Waals surface area (Å²) in [5.74, 6) is 0.240. The summed E-state index contributed by atoms with van der Waals surface area (Å²) in [6.07, 6.45) is 1.51. The molecule has 0 unspecified atom stereocenters. The van der Waals surface area contributed by atoms with Gasteiger partial charge in [-0.05, 0) is 39.4 Å². The van der Waals surface area contributed by atoms with Gasteiger partial charge in [-0.15, -0.1) is 0 Å². The van der Waals surface area contributed by atoms with E-state index < -0.39 is 0 Å². The van der Waals surface area contributed by atoms with Gasteiger partial charge in [-0.3, -0.25) is 4.79 Å². The molecule has 3 nitrogen and oxygen atoms in total. The van der Waals surface area contributed by atoms with E-state index in [1.165, 1.54) is 5.56 Å². The Morgan fingerprint density at radius 2 is 1.94 bits per heavy atom. The largest absolute Gasteiger partial charge is 0.336 e. The molecule has 0 saturated heterocycles. The summed E-state index contributed by atoms with van der Waals surface area (Å²) >= 11 is 0. The van der Waals surface area contributed by atoms with Crippen molar-refractivity contribution in [2.24, 2.45) is 0 Å². The van der Waals surface area contributed by atoms with E-state index in [9.17, 15) is 4.79 Å². The second-order valence-electron chi connectivity index (χ2n) is 4.81. The van der Waals surface area contributed by atoms with Crippen LogP contribution in [0.5, 0.6) is 0 Å². The van der Waals surface area contributed by atoms with Crippen LogP contribution in [0.4, 0.5) is 0 Å². The lowest BCUT2D eigenvalue weighted by molar-refractivity contribution is -0.133. The third kappa shape index (κ3) is 4.88. The second-order valence-corrected chi connectivity index (χ2v) is 4.81. The Balaban J connectivity index is 2.57. The summed E-state index contributed by atoms with van der Waals surface area (Å²) in [7, 11) is 1.91. The molecule has 1 aromatic carbocycles. The SMILES string of the molecule is CNCCCC(=O)N(Cc1ccccc1)C(C)C. The number of nitrogens with one attached hydrogen (secondary N) is 1. The highest BCUT2D eigenvalue weighted by molar-refractivity contribution is 5.76. The summed E-state index contributed by atoms with van der Waals surface area (Å²) in [4.78, 5) is 14.1. The van der Waals surface area contributed by atoms with Gasteiger partial charge in [0, 0.05) is 19.0 Å². The van der Waals surface area contributed by atoms with Crippen LogP contribution in [0.2, 0.25) is 0 Å². The molecule has 18 heavy (non-hydrogen) atoms. The number of rotatable bonds is 7. The van der Waals surface area contributed by atoms with Crippen LogP contribution < -0.4 is 5.32 Å². The van der Waals surface area contributed by atoms with Crippen molar-refractivity contribution in [1.82, 2.24) is 10.2 Å². The van der Waals surface area contributed by atoms with Crippen molar-refractivity contribution in [3.8, 4) is 0 Å². The van der Waals surface area contributed by atoms with Crippen LogP contribution >= 0.6 is 0 Å². The van der Waals surface area contributed by atoms with E-state index in [-0.39, 0.29) is 11.9 Å². The van der Waals surface area contributed by atoms with Crippen molar-refractivity contribution in [1.29, 1.82) is 0 Å². The minimum Gasteiger partial charge on any atom is -0.336 e. The Bertz CT molecular complexity index is 349. The maximum Gasteiger partial charge on any atom is 0.223 e. The van der Waals surface area contributed by atoms with Crippen molar-refractivity contribution < 1.29 is 4.79 Å². The lowest BCUT2D eigenvalue weighted by Crippen LogP contribution is -2.36. The number of hydrogen-bond acceptors (Lipinski definition) is 2. The van der Waals surface area contributed by atoms with Crippen LogP contribution in [0.3, 0.4) is 0 Å². The lowest BCUT2D eigenvalue weighted by Gasteiger charge is -2.27. The maximum absolute atomic E-state index is 12.2. The predicted octanol–water partition coefficient (Wildman–Crippen LogP) is 2.42. The molecule has 0 aliphatic rings. The minimum absolute atomic E-state index is 0.240. The van der Waals surface area contributed by atoms with Crippen molar-refractivity contribution in [2.45, 2.75) is 39.3 Å². The van der Waals surface area contributed by atoms with E-state index in [0.29, 0.717) is 13.0 Å². The molecular weight excluding hydrogens is 224 g/mol. The molecule has 0 aliphatic heterocycles. The van der Waals surface area contributed by atoms with E-state index in [1.54, 1.807) is 0 Å². The summed E-state index contributed by atoms with van der Waals surface area (Å²) < 4.78 is 0. The van der Waals surface area contributed by atoms with E-state index in [1.807, 2.05) is 30.1 Å². The average Bonchev–Trinajstić information content (AvgIpc) is 2.37. The third-order valence-electron chi connectivity index (χ3n) is 2.96. The molecule has 0 saturated carbocycles. The van der Waals surface area contributed by atoms with E-state index in [2.05, 4.69) is 31.3 Å². The first-order valence-corrected chi connectivity index (χ1v) is 6.63. The number of carbonyl (C=O) groups excluding carboxylic acids is 1. The molecule has 0 spiro atoms. The van der Waals surface area contributed by atoms with Gasteiger partial charge >= 0.3 is 0 Å². The zero-order valence-corrected chi connectivity index (χ0v) is 11.6. The number of carbonyl (C=O) groups is 1. The molecule has 1 aromatic rings. The van der Waals surface area contributed by atoms with Crippen LogP contribution in [0.1, 0.15) is 32.3 Å². The van der Waals surface area contributed by atoms with E-state index >= 15 is 0 Å². The molecule has 1 amide bonds. The first kappa shape index (κ1) is 14.7. The first-order valence-electron chi connectivity index (χ1n) is 6.63. The molecule has 0 bridgehead atoms. The lowest BCUT2D eigenvalue weighted by atomic mass is 10.1. The van der Waals surface area contributed by atoms with Crippen LogP contribution in [0.15, 0.2) is 30.3 Å². The van der Waals surface area contributed by atoms with Crippen molar-refractivity contribution in [2.75, 3.05) is 13.6 Å². The number of benzene rings is 1.